The van der Waals surface area contributed by atoms with E-state index in [0.29, 0.717) is 12.5 Å². The summed E-state index contributed by atoms with van der Waals surface area (Å²) in [7, 11) is 3.07. The van der Waals surface area contributed by atoms with Crippen LogP contribution < -0.4 is 15.4 Å². The highest BCUT2D eigenvalue weighted by Gasteiger charge is 2.12. The highest BCUT2D eigenvalue weighted by Crippen LogP contribution is 2.21. The highest BCUT2D eigenvalue weighted by molar-refractivity contribution is 5.80. The Hall–Kier alpha value is -2.24. The minimum atomic E-state index is -0.251. The number of aliphatic imine (C=N–C) groups is 1. The molecule has 25 heavy (non-hydrogen) atoms. The van der Waals surface area contributed by atoms with Crippen LogP contribution in [0, 0.1) is 5.92 Å². The molecule has 0 aliphatic rings. The van der Waals surface area contributed by atoms with Crippen LogP contribution in [0.15, 0.2) is 29.3 Å². The minimum Gasteiger partial charge on any atom is -0.497 e. The number of carbonyl (C=O) groups is 1. The van der Waals surface area contributed by atoms with E-state index >= 15 is 0 Å². The van der Waals surface area contributed by atoms with Gasteiger partial charge >= 0.3 is 5.97 Å². The molecule has 0 saturated carbocycles. The van der Waals surface area contributed by atoms with Crippen molar-refractivity contribution in [2.75, 3.05) is 33.9 Å². The Balaban J connectivity index is 2.49. The van der Waals surface area contributed by atoms with Crippen molar-refractivity contribution in [3.63, 3.8) is 0 Å². The number of carbonyl (C=O) groups excluding carboxylic acids is 1. The number of esters is 1. The van der Waals surface area contributed by atoms with Crippen LogP contribution in [0.2, 0.25) is 0 Å². The molecule has 2 unspecified atom stereocenters. The topological polar surface area (TPSA) is 72.0 Å². The molecule has 140 valence electrons. The summed E-state index contributed by atoms with van der Waals surface area (Å²) in [4.78, 5) is 15.9. The van der Waals surface area contributed by atoms with Crippen LogP contribution in [-0.4, -0.2) is 45.8 Å². The average molecular weight is 349 g/mol. The van der Waals surface area contributed by atoms with Gasteiger partial charge in [-0.15, -0.1) is 0 Å². The van der Waals surface area contributed by atoms with Crippen molar-refractivity contribution < 1.29 is 14.3 Å². The number of hydrogen-bond acceptors (Lipinski definition) is 4. The Morgan fingerprint density at radius 2 is 1.84 bits per heavy atom. The quantitative estimate of drug-likeness (QED) is 0.407. The van der Waals surface area contributed by atoms with Crippen LogP contribution in [0.4, 0.5) is 0 Å². The maximum Gasteiger partial charge on any atom is 0.310 e. The van der Waals surface area contributed by atoms with Crippen LogP contribution in [0.5, 0.6) is 5.75 Å². The first-order valence-electron chi connectivity index (χ1n) is 8.75. The van der Waals surface area contributed by atoms with E-state index in [4.69, 9.17) is 9.47 Å². The van der Waals surface area contributed by atoms with Crippen molar-refractivity contribution in [1.82, 2.24) is 10.6 Å². The third-order valence-electron chi connectivity index (χ3n) is 4.03. The molecule has 2 atom stereocenters. The van der Waals surface area contributed by atoms with Crippen LogP contribution in [0.1, 0.15) is 38.7 Å². The monoisotopic (exact) mass is 349 g/mol. The summed E-state index contributed by atoms with van der Waals surface area (Å²) in [6.07, 6.45) is 0.975. The van der Waals surface area contributed by atoms with Crippen LogP contribution in [0.3, 0.4) is 0 Å². The van der Waals surface area contributed by atoms with E-state index in [9.17, 15) is 4.79 Å². The van der Waals surface area contributed by atoms with Crippen molar-refractivity contribution >= 4 is 11.9 Å². The summed E-state index contributed by atoms with van der Waals surface area (Å²) in [5.74, 6) is 1.53. The van der Waals surface area contributed by atoms with Gasteiger partial charge in [-0.05, 0) is 37.0 Å². The number of rotatable bonds is 9. The fourth-order valence-corrected chi connectivity index (χ4v) is 2.35. The Kier molecular flexibility index (Phi) is 9.43. The molecule has 2 N–H and O–H groups in total. The maximum absolute atomic E-state index is 11.4. The Labute approximate surface area is 151 Å². The van der Waals surface area contributed by atoms with E-state index in [1.54, 1.807) is 7.11 Å². The van der Waals surface area contributed by atoms with Crippen LogP contribution >= 0.6 is 0 Å². The zero-order valence-corrected chi connectivity index (χ0v) is 16.0. The lowest BCUT2D eigenvalue weighted by Gasteiger charge is -2.16. The van der Waals surface area contributed by atoms with Crippen molar-refractivity contribution in [3.05, 3.63) is 29.8 Å². The summed E-state index contributed by atoms with van der Waals surface area (Å²) >= 11 is 0. The van der Waals surface area contributed by atoms with E-state index in [-0.39, 0.29) is 11.9 Å². The zero-order chi connectivity index (χ0) is 18.7. The first kappa shape index (κ1) is 20.8. The molecule has 0 radical (unpaired) electrons. The Morgan fingerprint density at radius 3 is 2.40 bits per heavy atom. The van der Waals surface area contributed by atoms with E-state index in [1.807, 2.05) is 26.0 Å². The van der Waals surface area contributed by atoms with Gasteiger partial charge in [-0.3, -0.25) is 9.79 Å². The first-order chi connectivity index (χ1) is 12.0. The van der Waals surface area contributed by atoms with E-state index < -0.39 is 0 Å². The van der Waals surface area contributed by atoms with Crippen molar-refractivity contribution in [3.8, 4) is 5.75 Å². The lowest BCUT2D eigenvalue weighted by Crippen LogP contribution is -2.38. The second-order valence-electron chi connectivity index (χ2n) is 6.03. The number of hydrogen-bond donors (Lipinski definition) is 2. The summed E-state index contributed by atoms with van der Waals surface area (Å²) in [6.45, 7) is 7.99. The third kappa shape index (κ3) is 7.45. The molecular weight excluding hydrogens is 318 g/mol. The molecule has 0 aliphatic heterocycles. The average Bonchev–Trinajstić information content (AvgIpc) is 2.64. The van der Waals surface area contributed by atoms with Crippen molar-refractivity contribution in [2.45, 2.75) is 33.1 Å². The smallest absolute Gasteiger partial charge is 0.310 e. The minimum absolute atomic E-state index is 0.243. The third-order valence-corrected chi connectivity index (χ3v) is 4.03. The number of guanidine groups is 1. The highest BCUT2D eigenvalue weighted by atomic mass is 16.5. The standard InChI is InChI=1S/C19H31N3O3/c1-6-20-19(22-13-15(3)18(23)25-5)21-12-11-14(2)16-7-9-17(24-4)10-8-16/h7-10,14-15H,6,11-13H2,1-5H3,(H2,20,21,22). The first-order valence-corrected chi connectivity index (χ1v) is 8.75. The molecule has 0 fully saturated rings. The lowest BCUT2D eigenvalue weighted by molar-refractivity contribution is -0.144. The number of nitrogens with zero attached hydrogens (tertiary/aromatic N) is 1. The molecule has 0 heterocycles. The fraction of sp³-hybridized carbons (Fsp3) is 0.579. The molecule has 0 bridgehead atoms. The predicted molar refractivity (Wildman–Crippen MR) is 101 cm³/mol. The van der Waals surface area contributed by atoms with Gasteiger partial charge in [-0.1, -0.05) is 26.0 Å². The van der Waals surface area contributed by atoms with Gasteiger partial charge in [0.15, 0.2) is 5.96 Å². The SMILES string of the molecule is CCNC(=NCC(C)C(=O)OC)NCCC(C)c1ccc(OC)cc1. The molecular formula is C19H31N3O3. The number of methoxy groups -OCH3 is 2. The number of ether oxygens (including phenoxy) is 2. The molecule has 1 aromatic rings. The van der Waals surface area contributed by atoms with Gasteiger partial charge in [0, 0.05) is 13.1 Å². The van der Waals surface area contributed by atoms with Crippen LogP contribution in [0.25, 0.3) is 0 Å². The van der Waals surface area contributed by atoms with E-state index in [0.717, 1.165) is 31.2 Å². The largest absolute Gasteiger partial charge is 0.497 e. The van der Waals surface area contributed by atoms with Crippen molar-refractivity contribution in [1.29, 1.82) is 0 Å². The van der Waals surface area contributed by atoms with E-state index in [2.05, 4.69) is 34.7 Å². The van der Waals surface area contributed by atoms with Crippen LogP contribution in [-0.2, 0) is 9.53 Å². The normalized spacial score (nSPS) is 13.7. The van der Waals surface area contributed by atoms with Gasteiger partial charge in [0.2, 0.25) is 0 Å². The Bertz CT molecular complexity index is 543. The lowest BCUT2D eigenvalue weighted by atomic mass is 9.98. The molecule has 0 aliphatic carbocycles. The van der Waals surface area contributed by atoms with E-state index in [1.165, 1.54) is 12.7 Å². The molecule has 0 aromatic heterocycles. The van der Waals surface area contributed by atoms with Gasteiger partial charge < -0.3 is 20.1 Å². The molecule has 6 heteroatoms. The summed E-state index contributed by atoms with van der Waals surface area (Å²) in [5.41, 5.74) is 1.28. The molecule has 1 rings (SSSR count). The molecule has 6 nitrogen and oxygen atoms in total. The molecule has 1 aromatic carbocycles. The van der Waals surface area contributed by atoms with Gasteiger partial charge in [-0.25, -0.2) is 0 Å². The molecule has 0 amide bonds. The van der Waals surface area contributed by atoms with Gasteiger partial charge in [-0.2, -0.15) is 0 Å². The summed E-state index contributed by atoms with van der Waals surface area (Å²) in [6, 6.07) is 8.17. The number of nitrogens with one attached hydrogen (secondary N) is 2. The van der Waals surface area contributed by atoms with Gasteiger partial charge in [0.05, 0.1) is 26.7 Å². The second-order valence-corrected chi connectivity index (χ2v) is 6.03. The van der Waals surface area contributed by atoms with Gasteiger partial charge in [0.25, 0.3) is 0 Å². The summed E-state index contributed by atoms with van der Waals surface area (Å²) in [5, 5.41) is 6.51. The van der Waals surface area contributed by atoms with Gasteiger partial charge in [0.1, 0.15) is 5.75 Å². The molecule has 0 saturated heterocycles. The number of benzene rings is 1. The zero-order valence-electron chi connectivity index (χ0n) is 16.0. The fourth-order valence-electron chi connectivity index (χ4n) is 2.35. The molecule has 0 spiro atoms. The summed E-state index contributed by atoms with van der Waals surface area (Å²) < 4.78 is 9.91. The second kappa shape index (κ2) is 11.3. The predicted octanol–water partition coefficient (Wildman–Crippen LogP) is 2.55. The maximum atomic E-state index is 11.4. The van der Waals surface area contributed by atoms with Crippen molar-refractivity contribution in [2.24, 2.45) is 10.9 Å². The Morgan fingerprint density at radius 1 is 1.16 bits per heavy atom.